The second kappa shape index (κ2) is 10.8. The van der Waals surface area contributed by atoms with Crippen molar-refractivity contribution in [2.24, 2.45) is 5.92 Å². The Balaban J connectivity index is 2.91. The molecule has 1 rings (SSSR count). The quantitative estimate of drug-likeness (QED) is 0.277. The fourth-order valence-corrected chi connectivity index (χ4v) is 5.71. The van der Waals surface area contributed by atoms with Crippen LogP contribution < -0.4 is 9.44 Å². The molecule has 0 aliphatic rings. The van der Waals surface area contributed by atoms with E-state index >= 15 is 0 Å². The van der Waals surface area contributed by atoms with Crippen LogP contribution in [-0.2, 0) is 20.0 Å². The summed E-state index contributed by atoms with van der Waals surface area (Å²) in [6.45, 7) is 5.72. The number of hydrogen-bond acceptors (Lipinski definition) is 6. The molecule has 0 spiro atoms. The lowest BCUT2D eigenvalue weighted by Crippen LogP contribution is -2.45. The van der Waals surface area contributed by atoms with Gasteiger partial charge in [0.15, 0.2) is 4.90 Å². The molecule has 1 aromatic rings. The van der Waals surface area contributed by atoms with Gasteiger partial charge in [-0.1, -0.05) is 52.2 Å². The fraction of sp³-hybridized carbons (Fsp3) is 0.647. The van der Waals surface area contributed by atoms with Gasteiger partial charge in [0.05, 0.1) is 10.7 Å². The highest BCUT2D eigenvalue weighted by atomic mass is 32.2. The monoisotopic (exact) mass is 435 g/mol. The Morgan fingerprint density at radius 1 is 1.07 bits per heavy atom. The molecule has 160 valence electrons. The zero-order chi connectivity index (χ0) is 21.4. The van der Waals surface area contributed by atoms with Gasteiger partial charge in [-0.15, -0.1) is 0 Å². The Kier molecular flexibility index (Phi) is 9.48. The van der Waals surface area contributed by atoms with Crippen molar-refractivity contribution in [1.29, 1.82) is 0 Å². The summed E-state index contributed by atoms with van der Waals surface area (Å²) in [6.07, 6.45) is 3.68. The molecule has 1 aromatic carbocycles. The maximum Gasteiger partial charge on any atom is 0.289 e. The third kappa shape index (κ3) is 7.82. The number of unbranched alkanes of at least 4 members (excludes halogenated alkanes) is 3. The molecular weight excluding hydrogens is 406 g/mol. The van der Waals surface area contributed by atoms with Gasteiger partial charge < -0.3 is 0 Å². The van der Waals surface area contributed by atoms with Crippen molar-refractivity contribution >= 4 is 25.7 Å². The molecule has 0 aromatic heterocycles. The first-order valence-corrected chi connectivity index (χ1v) is 12.4. The van der Waals surface area contributed by atoms with E-state index in [0.29, 0.717) is 13.0 Å². The third-order valence-electron chi connectivity index (χ3n) is 4.21. The lowest BCUT2D eigenvalue weighted by molar-refractivity contribution is -0.387. The van der Waals surface area contributed by atoms with Gasteiger partial charge in [-0.3, -0.25) is 10.1 Å². The Bertz CT molecular complexity index is 853. The summed E-state index contributed by atoms with van der Waals surface area (Å²) in [6, 6.07) is 4.02. The average Bonchev–Trinajstić information content (AvgIpc) is 2.60. The number of sulfonamides is 2. The summed E-state index contributed by atoms with van der Waals surface area (Å²) in [5.41, 5.74) is -0.561. The zero-order valence-corrected chi connectivity index (χ0v) is 18.1. The van der Waals surface area contributed by atoms with Crippen molar-refractivity contribution in [3.8, 4) is 0 Å². The van der Waals surface area contributed by atoms with Crippen LogP contribution in [0.15, 0.2) is 29.2 Å². The zero-order valence-electron chi connectivity index (χ0n) is 16.4. The summed E-state index contributed by atoms with van der Waals surface area (Å²) in [5, 5.41) is 11.1. The number of nitrogens with zero attached hydrogens (tertiary/aromatic N) is 1. The molecule has 9 nitrogen and oxygen atoms in total. The van der Waals surface area contributed by atoms with Crippen LogP contribution in [0.2, 0.25) is 0 Å². The summed E-state index contributed by atoms with van der Waals surface area (Å²) >= 11 is 0. The maximum absolute atomic E-state index is 12.7. The summed E-state index contributed by atoms with van der Waals surface area (Å²) < 4.78 is 54.8. The second-order valence-electron chi connectivity index (χ2n) is 6.93. The van der Waals surface area contributed by atoms with E-state index in [9.17, 15) is 26.9 Å². The molecule has 0 saturated heterocycles. The molecule has 0 heterocycles. The molecule has 2 N–H and O–H groups in total. The summed E-state index contributed by atoms with van der Waals surface area (Å²) in [7, 11) is -7.97. The van der Waals surface area contributed by atoms with Crippen LogP contribution in [0.3, 0.4) is 0 Å². The Hall–Kier alpha value is -1.56. The smallest absolute Gasteiger partial charge is 0.258 e. The van der Waals surface area contributed by atoms with E-state index < -0.39 is 47.3 Å². The van der Waals surface area contributed by atoms with Crippen LogP contribution >= 0.6 is 0 Å². The van der Waals surface area contributed by atoms with Gasteiger partial charge in [-0.05, 0) is 18.4 Å². The lowest BCUT2D eigenvalue weighted by Gasteiger charge is -2.22. The fourth-order valence-electron chi connectivity index (χ4n) is 2.54. The highest BCUT2D eigenvalue weighted by Crippen LogP contribution is 2.23. The van der Waals surface area contributed by atoms with Crippen molar-refractivity contribution in [2.75, 3.05) is 12.3 Å². The van der Waals surface area contributed by atoms with E-state index in [1.807, 2.05) is 0 Å². The van der Waals surface area contributed by atoms with Crippen LogP contribution in [0.25, 0.3) is 0 Å². The largest absolute Gasteiger partial charge is 0.289 e. The Morgan fingerprint density at radius 2 is 1.71 bits per heavy atom. The first-order valence-electron chi connectivity index (χ1n) is 9.23. The normalized spacial score (nSPS) is 13.6. The van der Waals surface area contributed by atoms with Crippen molar-refractivity contribution in [2.45, 2.75) is 57.4 Å². The number of benzene rings is 1. The molecule has 0 aliphatic carbocycles. The molecule has 0 radical (unpaired) electrons. The van der Waals surface area contributed by atoms with Crippen LogP contribution in [-0.4, -0.2) is 40.1 Å². The second-order valence-corrected chi connectivity index (χ2v) is 10.5. The molecule has 11 heteroatoms. The van der Waals surface area contributed by atoms with E-state index in [-0.39, 0.29) is 5.92 Å². The minimum atomic E-state index is -4.27. The summed E-state index contributed by atoms with van der Waals surface area (Å²) in [5.74, 6) is -0.785. The van der Waals surface area contributed by atoms with Crippen molar-refractivity contribution in [3.63, 3.8) is 0 Å². The number of para-hydroxylation sites is 1. The number of nitro groups is 1. The summed E-state index contributed by atoms with van der Waals surface area (Å²) in [4.78, 5) is 9.84. The first-order chi connectivity index (χ1) is 13.0. The predicted octanol–water partition coefficient (Wildman–Crippen LogP) is 2.40. The highest BCUT2D eigenvalue weighted by Gasteiger charge is 2.31. The number of nitro benzene ring substituents is 1. The minimum absolute atomic E-state index is 0.296. The minimum Gasteiger partial charge on any atom is -0.258 e. The number of rotatable bonds is 13. The number of hydrogen-bond donors (Lipinski definition) is 2. The van der Waals surface area contributed by atoms with Crippen LogP contribution in [0.5, 0.6) is 0 Å². The Morgan fingerprint density at radius 3 is 2.29 bits per heavy atom. The van der Waals surface area contributed by atoms with Gasteiger partial charge in [-0.2, -0.15) is 0 Å². The molecule has 1 unspecified atom stereocenters. The molecule has 28 heavy (non-hydrogen) atoms. The van der Waals surface area contributed by atoms with E-state index in [4.69, 9.17) is 0 Å². The van der Waals surface area contributed by atoms with Gasteiger partial charge in [0.1, 0.15) is 0 Å². The van der Waals surface area contributed by atoms with Crippen molar-refractivity contribution in [3.05, 3.63) is 34.4 Å². The van der Waals surface area contributed by atoms with Gasteiger partial charge in [0.2, 0.25) is 20.0 Å². The van der Waals surface area contributed by atoms with Gasteiger partial charge in [-0.25, -0.2) is 26.3 Å². The molecule has 0 bridgehead atoms. The molecule has 0 amide bonds. The molecule has 0 saturated carbocycles. The first kappa shape index (κ1) is 24.5. The lowest BCUT2D eigenvalue weighted by atomic mass is 10.1. The molecule has 0 aliphatic heterocycles. The van der Waals surface area contributed by atoms with Crippen molar-refractivity contribution < 1.29 is 21.8 Å². The molecule has 1 atom stereocenters. The van der Waals surface area contributed by atoms with Crippen LogP contribution in [0.4, 0.5) is 5.69 Å². The van der Waals surface area contributed by atoms with Gasteiger partial charge in [0.25, 0.3) is 5.69 Å². The van der Waals surface area contributed by atoms with Crippen molar-refractivity contribution in [1.82, 2.24) is 9.44 Å². The van der Waals surface area contributed by atoms with Gasteiger partial charge in [0, 0.05) is 18.7 Å². The van der Waals surface area contributed by atoms with E-state index in [2.05, 4.69) is 16.4 Å². The maximum atomic E-state index is 12.7. The average molecular weight is 436 g/mol. The SMILES string of the molecule is CCCCCCNS(=O)(=O)CC(NS(=O)(=O)c1ccccc1[N+](=O)[O-])C(C)C. The van der Waals surface area contributed by atoms with E-state index in [1.54, 1.807) is 13.8 Å². The third-order valence-corrected chi connectivity index (χ3v) is 7.19. The Labute approximate surface area is 167 Å². The van der Waals surface area contributed by atoms with Crippen LogP contribution in [0.1, 0.15) is 46.5 Å². The molecular formula is C17H29N3O6S2. The number of nitrogens with one attached hydrogen (secondary N) is 2. The molecule has 0 fully saturated rings. The standard InChI is InChI=1S/C17H29N3O6S2/c1-4-5-6-9-12-18-27(23,24)13-15(14(2)3)19-28(25,26)17-11-8-7-10-16(17)20(21)22/h7-8,10-11,14-15,18-19H,4-6,9,12-13H2,1-3H3. The predicted molar refractivity (Wildman–Crippen MR) is 108 cm³/mol. The van der Waals surface area contributed by atoms with Gasteiger partial charge >= 0.3 is 0 Å². The van der Waals surface area contributed by atoms with E-state index in [0.717, 1.165) is 31.4 Å². The van der Waals surface area contributed by atoms with Crippen LogP contribution in [0, 0.1) is 16.0 Å². The topological polar surface area (TPSA) is 135 Å². The highest BCUT2D eigenvalue weighted by molar-refractivity contribution is 7.90. The van der Waals surface area contributed by atoms with E-state index in [1.165, 1.54) is 12.1 Å².